The summed E-state index contributed by atoms with van der Waals surface area (Å²) in [6.07, 6.45) is -4.67. The second kappa shape index (κ2) is 7.43. The number of carbonyl (C=O) groups is 1. The number of thiophene rings is 1. The monoisotopic (exact) mass is 394 g/mol. The summed E-state index contributed by atoms with van der Waals surface area (Å²) in [5.41, 5.74) is 1.11. The SMILES string of the molecule is Cc1nn(-c2ccccc2)c(C)c1[C@@H](NC(=O)Nc1cccs1)C(F)(F)F. The van der Waals surface area contributed by atoms with Crippen LogP contribution in [0.4, 0.5) is 23.0 Å². The van der Waals surface area contributed by atoms with Crippen molar-refractivity contribution in [1.82, 2.24) is 15.1 Å². The van der Waals surface area contributed by atoms with Gasteiger partial charge in [0.05, 0.1) is 16.4 Å². The Kier molecular flexibility index (Phi) is 5.22. The van der Waals surface area contributed by atoms with Gasteiger partial charge < -0.3 is 5.32 Å². The van der Waals surface area contributed by atoms with E-state index in [0.717, 1.165) is 0 Å². The third kappa shape index (κ3) is 4.13. The van der Waals surface area contributed by atoms with E-state index in [1.165, 1.54) is 22.9 Å². The van der Waals surface area contributed by atoms with E-state index in [4.69, 9.17) is 0 Å². The molecule has 0 aliphatic carbocycles. The molecular weight excluding hydrogens is 377 g/mol. The van der Waals surface area contributed by atoms with Gasteiger partial charge in [0, 0.05) is 11.3 Å². The third-order valence-electron chi connectivity index (χ3n) is 4.00. The Morgan fingerprint density at radius 2 is 1.85 bits per heavy atom. The first-order chi connectivity index (χ1) is 12.8. The van der Waals surface area contributed by atoms with Gasteiger partial charge >= 0.3 is 12.2 Å². The molecule has 27 heavy (non-hydrogen) atoms. The van der Waals surface area contributed by atoms with E-state index < -0.39 is 18.2 Å². The van der Waals surface area contributed by atoms with Crippen LogP contribution in [0.25, 0.3) is 5.69 Å². The first kappa shape index (κ1) is 19.0. The molecule has 3 aromatic rings. The maximum Gasteiger partial charge on any atom is 0.413 e. The Labute approximate surface area is 157 Å². The first-order valence-corrected chi connectivity index (χ1v) is 8.94. The smallest absolute Gasteiger partial charge is 0.322 e. The van der Waals surface area contributed by atoms with Gasteiger partial charge in [-0.1, -0.05) is 18.2 Å². The molecular formula is C18H17F3N4OS. The van der Waals surface area contributed by atoms with Crippen LogP contribution in [0.3, 0.4) is 0 Å². The van der Waals surface area contributed by atoms with Crippen LogP contribution >= 0.6 is 11.3 Å². The number of nitrogens with zero attached hydrogens (tertiary/aromatic N) is 2. The van der Waals surface area contributed by atoms with E-state index in [-0.39, 0.29) is 11.3 Å². The summed E-state index contributed by atoms with van der Waals surface area (Å²) >= 11 is 1.22. The van der Waals surface area contributed by atoms with Crippen molar-refractivity contribution in [1.29, 1.82) is 0 Å². The number of amides is 2. The van der Waals surface area contributed by atoms with Gasteiger partial charge in [-0.15, -0.1) is 11.3 Å². The minimum absolute atomic E-state index is 0.0623. The van der Waals surface area contributed by atoms with Crippen LogP contribution in [0.15, 0.2) is 47.8 Å². The van der Waals surface area contributed by atoms with Crippen LogP contribution < -0.4 is 10.6 Å². The maximum atomic E-state index is 13.7. The molecule has 2 aromatic heterocycles. The Hall–Kier alpha value is -2.81. The molecule has 0 saturated heterocycles. The number of benzene rings is 1. The number of urea groups is 1. The van der Waals surface area contributed by atoms with Crippen molar-refractivity contribution in [3.05, 3.63) is 64.8 Å². The number of nitrogens with one attached hydrogen (secondary N) is 2. The normalized spacial score (nSPS) is 12.6. The quantitative estimate of drug-likeness (QED) is 0.656. The number of anilines is 1. The Morgan fingerprint density at radius 1 is 1.15 bits per heavy atom. The molecule has 0 bridgehead atoms. The van der Waals surface area contributed by atoms with E-state index >= 15 is 0 Å². The molecule has 0 aliphatic heterocycles. The highest BCUT2D eigenvalue weighted by Crippen LogP contribution is 2.36. The second-order valence-electron chi connectivity index (χ2n) is 5.88. The zero-order valence-corrected chi connectivity index (χ0v) is 15.4. The number of aryl methyl sites for hydroxylation is 1. The van der Waals surface area contributed by atoms with Crippen LogP contribution in [0, 0.1) is 13.8 Å². The highest BCUT2D eigenvalue weighted by atomic mass is 32.1. The summed E-state index contributed by atoms with van der Waals surface area (Å²) in [5.74, 6) is 0. The zero-order valence-electron chi connectivity index (χ0n) is 14.5. The predicted octanol–water partition coefficient (Wildman–Crippen LogP) is 4.98. The topological polar surface area (TPSA) is 59.0 Å². The van der Waals surface area contributed by atoms with Crippen molar-refractivity contribution in [2.24, 2.45) is 0 Å². The van der Waals surface area contributed by atoms with Crippen LogP contribution in [0.2, 0.25) is 0 Å². The highest BCUT2D eigenvalue weighted by Gasteiger charge is 2.44. The maximum absolute atomic E-state index is 13.7. The summed E-state index contributed by atoms with van der Waals surface area (Å²) < 4.78 is 42.7. The number of para-hydroxylation sites is 1. The van der Waals surface area contributed by atoms with Crippen molar-refractivity contribution in [3.63, 3.8) is 0 Å². The van der Waals surface area contributed by atoms with E-state index in [1.54, 1.807) is 48.7 Å². The van der Waals surface area contributed by atoms with Crippen LogP contribution in [0.1, 0.15) is 23.0 Å². The molecule has 1 atom stereocenters. The molecule has 0 spiro atoms. The van der Waals surface area contributed by atoms with E-state index in [9.17, 15) is 18.0 Å². The highest BCUT2D eigenvalue weighted by molar-refractivity contribution is 7.14. The molecule has 9 heteroatoms. The molecule has 0 radical (unpaired) electrons. The molecule has 0 fully saturated rings. The van der Waals surface area contributed by atoms with Gasteiger partial charge in [-0.25, -0.2) is 9.48 Å². The average molecular weight is 394 g/mol. The van der Waals surface area contributed by atoms with Crippen LogP contribution in [0.5, 0.6) is 0 Å². The van der Waals surface area contributed by atoms with Gasteiger partial charge in [0.25, 0.3) is 0 Å². The average Bonchev–Trinajstić information content (AvgIpc) is 3.21. The Bertz CT molecular complexity index is 920. The molecule has 0 saturated carbocycles. The molecule has 1 aromatic carbocycles. The van der Waals surface area contributed by atoms with Crippen LogP contribution in [-0.2, 0) is 0 Å². The molecule has 2 heterocycles. The standard InChI is InChI=1S/C18H17F3N4OS/c1-11-15(12(2)25(24-11)13-7-4-3-5-8-13)16(18(19,20)21)23-17(26)22-14-9-6-10-27-14/h3-10,16H,1-2H3,(H2,22,23,26)/t16-/m1/s1. The Morgan fingerprint density at radius 3 is 2.44 bits per heavy atom. The van der Waals surface area contributed by atoms with Crippen molar-refractivity contribution < 1.29 is 18.0 Å². The van der Waals surface area contributed by atoms with Gasteiger partial charge in [0.15, 0.2) is 6.04 Å². The lowest BCUT2D eigenvalue weighted by Crippen LogP contribution is -2.40. The molecule has 0 unspecified atom stereocenters. The number of carbonyl (C=O) groups excluding carboxylic acids is 1. The molecule has 3 rings (SSSR count). The number of hydrogen-bond donors (Lipinski definition) is 2. The van der Waals surface area contributed by atoms with Gasteiger partial charge in [0.2, 0.25) is 0 Å². The molecule has 2 N–H and O–H groups in total. The fourth-order valence-corrected chi connectivity index (χ4v) is 3.45. The summed E-state index contributed by atoms with van der Waals surface area (Å²) in [4.78, 5) is 12.1. The minimum atomic E-state index is -4.67. The number of aromatic nitrogens is 2. The van der Waals surface area contributed by atoms with Gasteiger partial charge in [-0.05, 0) is 43.5 Å². The fraction of sp³-hybridized carbons (Fsp3) is 0.222. The minimum Gasteiger partial charge on any atom is -0.322 e. The fourth-order valence-electron chi connectivity index (χ4n) is 2.84. The number of alkyl halides is 3. The van der Waals surface area contributed by atoms with Crippen molar-refractivity contribution in [3.8, 4) is 5.69 Å². The summed E-state index contributed by atoms with van der Waals surface area (Å²) in [6.45, 7) is 3.05. The van der Waals surface area contributed by atoms with Crippen molar-refractivity contribution in [2.45, 2.75) is 26.1 Å². The second-order valence-corrected chi connectivity index (χ2v) is 6.83. The summed E-state index contributed by atoms with van der Waals surface area (Å²) in [5, 5.41) is 10.9. The van der Waals surface area contributed by atoms with E-state index in [1.807, 2.05) is 11.4 Å². The van der Waals surface area contributed by atoms with Crippen molar-refractivity contribution in [2.75, 3.05) is 5.32 Å². The lowest BCUT2D eigenvalue weighted by Gasteiger charge is -2.22. The number of rotatable bonds is 4. The van der Waals surface area contributed by atoms with Crippen LogP contribution in [-0.4, -0.2) is 22.0 Å². The first-order valence-electron chi connectivity index (χ1n) is 8.06. The Balaban J connectivity index is 1.94. The zero-order chi connectivity index (χ0) is 19.6. The molecule has 5 nitrogen and oxygen atoms in total. The molecule has 2 amide bonds. The predicted molar refractivity (Wildman–Crippen MR) is 98.3 cm³/mol. The van der Waals surface area contributed by atoms with E-state index in [0.29, 0.717) is 16.4 Å². The lowest BCUT2D eigenvalue weighted by molar-refractivity contribution is -0.155. The van der Waals surface area contributed by atoms with Gasteiger partial charge in [0.1, 0.15) is 0 Å². The lowest BCUT2D eigenvalue weighted by atomic mass is 10.0. The molecule has 142 valence electrons. The third-order valence-corrected chi connectivity index (χ3v) is 4.78. The van der Waals surface area contributed by atoms with Crippen molar-refractivity contribution >= 4 is 22.4 Å². The summed E-state index contributed by atoms with van der Waals surface area (Å²) in [6, 6.07) is 9.08. The summed E-state index contributed by atoms with van der Waals surface area (Å²) in [7, 11) is 0. The van der Waals surface area contributed by atoms with Gasteiger partial charge in [-0.3, -0.25) is 5.32 Å². The van der Waals surface area contributed by atoms with E-state index in [2.05, 4.69) is 10.4 Å². The number of halogens is 3. The number of hydrogen-bond acceptors (Lipinski definition) is 3. The largest absolute Gasteiger partial charge is 0.413 e. The van der Waals surface area contributed by atoms with Gasteiger partial charge in [-0.2, -0.15) is 18.3 Å². The molecule has 0 aliphatic rings.